The van der Waals surface area contributed by atoms with Gasteiger partial charge in [0.25, 0.3) is 0 Å². The zero-order chi connectivity index (χ0) is 15.8. The molecular formula is C13H20F2IN7. The van der Waals surface area contributed by atoms with Gasteiger partial charge in [-0.05, 0) is 12.5 Å². The molecule has 2 aromatic rings. The molecule has 0 spiro atoms. The van der Waals surface area contributed by atoms with Crippen molar-refractivity contribution in [1.29, 1.82) is 0 Å². The average Bonchev–Trinajstić information content (AvgIpc) is 3.17. The minimum absolute atomic E-state index is 0. The van der Waals surface area contributed by atoms with E-state index in [-0.39, 0.29) is 36.3 Å². The van der Waals surface area contributed by atoms with Gasteiger partial charge in [-0.1, -0.05) is 0 Å². The topological polar surface area (TPSA) is 72.1 Å². The normalized spacial score (nSPS) is 11.4. The Morgan fingerprint density at radius 1 is 1.30 bits per heavy atom. The standard InChI is InChI=1S/C13H19F2N7.HI/c1-16-13(18-4-2-7-21-8-3-5-20-21)19-10-11-17-6-9-22(11)12(14)15;/h3,5-6,8-9,12H,2,4,7,10H2,1H3,(H2,16,18,19);1H. The maximum Gasteiger partial charge on any atom is 0.319 e. The van der Waals surface area contributed by atoms with E-state index in [2.05, 4.69) is 25.7 Å². The van der Waals surface area contributed by atoms with Crippen molar-refractivity contribution in [3.8, 4) is 0 Å². The van der Waals surface area contributed by atoms with Gasteiger partial charge in [0.2, 0.25) is 0 Å². The Morgan fingerprint density at radius 3 is 2.78 bits per heavy atom. The molecule has 2 aromatic heterocycles. The zero-order valence-corrected chi connectivity index (χ0v) is 15.0. The summed E-state index contributed by atoms with van der Waals surface area (Å²) in [6, 6.07) is 1.87. The van der Waals surface area contributed by atoms with Crippen LogP contribution < -0.4 is 10.6 Å². The molecule has 10 heteroatoms. The Morgan fingerprint density at radius 2 is 2.13 bits per heavy atom. The summed E-state index contributed by atoms with van der Waals surface area (Å²) in [7, 11) is 1.63. The highest BCUT2D eigenvalue weighted by atomic mass is 127. The molecule has 0 amide bonds. The number of nitrogens with one attached hydrogen (secondary N) is 2. The fraction of sp³-hybridized carbons (Fsp3) is 0.462. The molecule has 0 aliphatic heterocycles. The number of nitrogens with zero attached hydrogens (tertiary/aromatic N) is 5. The van der Waals surface area contributed by atoms with Crippen LogP contribution in [0.3, 0.4) is 0 Å². The van der Waals surface area contributed by atoms with E-state index >= 15 is 0 Å². The molecule has 23 heavy (non-hydrogen) atoms. The highest BCUT2D eigenvalue weighted by Gasteiger charge is 2.11. The number of imidazole rings is 1. The van der Waals surface area contributed by atoms with Crippen LogP contribution in [0, 0.1) is 0 Å². The predicted molar refractivity (Wildman–Crippen MR) is 93.9 cm³/mol. The van der Waals surface area contributed by atoms with Gasteiger partial charge in [0.05, 0.1) is 6.54 Å². The number of halogens is 3. The van der Waals surface area contributed by atoms with Crippen molar-refractivity contribution in [1.82, 2.24) is 30.0 Å². The first-order valence-corrected chi connectivity index (χ1v) is 6.92. The van der Waals surface area contributed by atoms with Crippen LogP contribution in [-0.4, -0.2) is 38.9 Å². The fourth-order valence-corrected chi connectivity index (χ4v) is 1.92. The van der Waals surface area contributed by atoms with E-state index < -0.39 is 6.55 Å². The highest BCUT2D eigenvalue weighted by molar-refractivity contribution is 14.0. The van der Waals surface area contributed by atoms with Crippen LogP contribution in [0.15, 0.2) is 35.8 Å². The molecule has 0 bridgehead atoms. The van der Waals surface area contributed by atoms with Gasteiger partial charge < -0.3 is 10.6 Å². The van der Waals surface area contributed by atoms with Crippen LogP contribution in [0.5, 0.6) is 0 Å². The van der Waals surface area contributed by atoms with Crippen LogP contribution in [0.25, 0.3) is 0 Å². The van der Waals surface area contributed by atoms with Crippen LogP contribution in [0.4, 0.5) is 8.78 Å². The molecule has 0 aliphatic rings. The second-order valence-corrected chi connectivity index (χ2v) is 4.50. The molecule has 2 N–H and O–H groups in total. The van der Waals surface area contributed by atoms with E-state index in [9.17, 15) is 8.78 Å². The molecule has 0 saturated heterocycles. The van der Waals surface area contributed by atoms with E-state index in [1.54, 1.807) is 13.2 Å². The molecule has 2 heterocycles. The average molecular weight is 439 g/mol. The molecule has 128 valence electrons. The first kappa shape index (κ1) is 19.3. The van der Waals surface area contributed by atoms with Gasteiger partial charge in [-0.15, -0.1) is 24.0 Å². The minimum Gasteiger partial charge on any atom is -0.356 e. The van der Waals surface area contributed by atoms with E-state index in [0.29, 0.717) is 12.5 Å². The second-order valence-electron chi connectivity index (χ2n) is 4.50. The number of rotatable bonds is 7. The molecule has 0 aliphatic carbocycles. The molecule has 0 aromatic carbocycles. The Bertz CT molecular complexity index is 583. The summed E-state index contributed by atoms with van der Waals surface area (Å²) >= 11 is 0. The zero-order valence-electron chi connectivity index (χ0n) is 12.7. The first-order chi connectivity index (χ1) is 10.7. The number of alkyl halides is 2. The quantitative estimate of drug-likeness (QED) is 0.299. The third-order valence-corrected chi connectivity index (χ3v) is 3.01. The molecule has 0 radical (unpaired) electrons. The maximum absolute atomic E-state index is 12.7. The number of guanidine groups is 1. The second kappa shape index (κ2) is 10.1. The van der Waals surface area contributed by atoms with E-state index in [1.165, 1.54) is 12.4 Å². The smallest absolute Gasteiger partial charge is 0.319 e. The Kier molecular flexibility index (Phi) is 8.51. The number of aromatic nitrogens is 4. The van der Waals surface area contributed by atoms with Crippen molar-refractivity contribution in [3.05, 3.63) is 36.7 Å². The molecule has 7 nitrogen and oxygen atoms in total. The first-order valence-electron chi connectivity index (χ1n) is 6.92. The summed E-state index contributed by atoms with van der Waals surface area (Å²) in [6.07, 6.45) is 7.11. The molecule has 0 saturated carbocycles. The summed E-state index contributed by atoms with van der Waals surface area (Å²) < 4.78 is 28.0. The van der Waals surface area contributed by atoms with Gasteiger partial charge in [0.1, 0.15) is 5.82 Å². The third kappa shape index (κ3) is 6.12. The largest absolute Gasteiger partial charge is 0.356 e. The number of hydrogen-bond donors (Lipinski definition) is 2. The summed E-state index contributed by atoms with van der Waals surface area (Å²) in [5.74, 6) is 0.804. The lowest BCUT2D eigenvalue weighted by Crippen LogP contribution is -2.38. The van der Waals surface area contributed by atoms with Crippen LogP contribution in [-0.2, 0) is 13.1 Å². The number of hydrogen-bond acceptors (Lipinski definition) is 3. The highest BCUT2D eigenvalue weighted by Crippen LogP contribution is 2.11. The summed E-state index contributed by atoms with van der Waals surface area (Å²) in [4.78, 5) is 7.94. The van der Waals surface area contributed by atoms with Gasteiger partial charge in [-0.2, -0.15) is 13.9 Å². The lowest BCUT2D eigenvalue weighted by molar-refractivity contribution is 0.0668. The van der Waals surface area contributed by atoms with Crippen molar-refractivity contribution in [3.63, 3.8) is 0 Å². The van der Waals surface area contributed by atoms with Crippen LogP contribution >= 0.6 is 24.0 Å². The van der Waals surface area contributed by atoms with Crippen molar-refractivity contribution < 1.29 is 8.78 Å². The SMILES string of the molecule is CN=C(NCCCn1cccn1)NCc1nccn1C(F)F.I. The Hall–Kier alpha value is -1.72. The lowest BCUT2D eigenvalue weighted by Gasteiger charge is -2.12. The van der Waals surface area contributed by atoms with Crippen LogP contribution in [0.1, 0.15) is 18.8 Å². The molecule has 0 fully saturated rings. The Balaban J connectivity index is 0.00000264. The maximum atomic E-state index is 12.7. The predicted octanol–water partition coefficient (Wildman–Crippen LogP) is 1.85. The number of aryl methyl sites for hydroxylation is 1. The van der Waals surface area contributed by atoms with Crippen molar-refractivity contribution in [2.24, 2.45) is 4.99 Å². The monoisotopic (exact) mass is 439 g/mol. The van der Waals surface area contributed by atoms with Crippen molar-refractivity contribution >= 4 is 29.9 Å². The van der Waals surface area contributed by atoms with Crippen molar-refractivity contribution in [2.75, 3.05) is 13.6 Å². The fourth-order valence-electron chi connectivity index (χ4n) is 1.92. The van der Waals surface area contributed by atoms with Gasteiger partial charge in [0.15, 0.2) is 5.96 Å². The van der Waals surface area contributed by atoms with E-state index in [4.69, 9.17) is 0 Å². The van der Waals surface area contributed by atoms with Crippen molar-refractivity contribution in [2.45, 2.75) is 26.1 Å². The molecular weight excluding hydrogens is 419 g/mol. The number of aliphatic imine (C=N–C) groups is 1. The van der Waals surface area contributed by atoms with E-state index in [1.807, 2.05) is 16.9 Å². The van der Waals surface area contributed by atoms with Gasteiger partial charge in [-0.3, -0.25) is 14.2 Å². The van der Waals surface area contributed by atoms with Gasteiger partial charge >= 0.3 is 6.55 Å². The Labute approximate surface area is 150 Å². The van der Waals surface area contributed by atoms with Gasteiger partial charge in [-0.25, -0.2) is 4.98 Å². The third-order valence-electron chi connectivity index (χ3n) is 3.01. The molecule has 2 rings (SSSR count). The lowest BCUT2D eigenvalue weighted by atomic mass is 10.4. The summed E-state index contributed by atoms with van der Waals surface area (Å²) in [6.45, 7) is -0.922. The molecule has 0 unspecified atom stereocenters. The van der Waals surface area contributed by atoms with Gasteiger partial charge in [0, 0.05) is 44.9 Å². The molecule has 0 atom stereocenters. The summed E-state index contributed by atoms with van der Waals surface area (Å²) in [5.41, 5.74) is 0. The van der Waals surface area contributed by atoms with E-state index in [0.717, 1.165) is 17.5 Å². The minimum atomic E-state index is -2.59. The van der Waals surface area contributed by atoms with Crippen LogP contribution in [0.2, 0.25) is 0 Å². The summed E-state index contributed by atoms with van der Waals surface area (Å²) in [5, 5.41) is 10.2.